The third-order valence-corrected chi connectivity index (χ3v) is 2.85. The average molecular weight is 148 g/mol. The van der Waals surface area contributed by atoms with E-state index in [9.17, 15) is 4.11 Å². The van der Waals surface area contributed by atoms with Crippen molar-refractivity contribution in [2.45, 2.75) is 39.9 Å². The van der Waals surface area contributed by atoms with E-state index in [0.717, 1.165) is 6.04 Å². The summed E-state index contributed by atoms with van der Waals surface area (Å²) in [4.78, 5) is 0. The second-order valence-corrected chi connectivity index (χ2v) is 8.25. The third kappa shape index (κ3) is 8.15. The Morgan fingerprint density at radius 1 is 1.22 bits per heavy atom. The second-order valence-electron chi connectivity index (χ2n) is 4.46. The molecule has 0 saturated heterocycles. The Kier molecular flexibility index (Phi) is 2.45. The fourth-order valence-corrected chi connectivity index (χ4v) is 3.78. The van der Waals surface area contributed by atoms with Crippen LogP contribution in [0, 0.1) is 5.41 Å². The van der Waals surface area contributed by atoms with Gasteiger partial charge in [0.15, 0.2) is 0 Å². The maximum atomic E-state index is 13.0. The first-order valence-electron chi connectivity index (χ1n) is 3.40. The molecule has 0 saturated carbocycles. The lowest BCUT2D eigenvalue weighted by molar-refractivity contribution is 0.449. The van der Waals surface area contributed by atoms with Crippen LogP contribution in [0.1, 0.15) is 20.8 Å². The lowest BCUT2D eigenvalue weighted by atomic mass is 10.0. The highest BCUT2D eigenvalue weighted by Crippen LogP contribution is 2.27. The van der Waals surface area contributed by atoms with Crippen LogP contribution in [0.25, 0.3) is 0 Å². The SMILES string of the molecule is CC(C)(C)C[Si](C)(C)F. The minimum atomic E-state index is -2.29. The molecule has 0 aromatic rings. The predicted molar refractivity (Wildman–Crippen MR) is 42.9 cm³/mol. The van der Waals surface area contributed by atoms with Crippen LogP contribution in [0.3, 0.4) is 0 Å². The number of halogens is 1. The molecule has 9 heavy (non-hydrogen) atoms. The zero-order chi connectivity index (χ0) is 7.71. The predicted octanol–water partition coefficient (Wildman–Crippen LogP) is 3.21. The Balaban J connectivity index is 3.75. The Bertz CT molecular complexity index is 74.1. The van der Waals surface area contributed by atoms with Crippen molar-refractivity contribution in [1.29, 1.82) is 0 Å². The van der Waals surface area contributed by atoms with Crippen molar-refractivity contribution < 1.29 is 4.11 Å². The van der Waals surface area contributed by atoms with Gasteiger partial charge in [0.05, 0.1) is 0 Å². The molecule has 0 aliphatic heterocycles. The summed E-state index contributed by atoms with van der Waals surface area (Å²) < 4.78 is 13.0. The van der Waals surface area contributed by atoms with E-state index in [0.29, 0.717) is 0 Å². The minimum Gasteiger partial charge on any atom is -0.314 e. The molecular formula is C7H17FSi. The van der Waals surface area contributed by atoms with Crippen LogP contribution in [0.2, 0.25) is 19.1 Å². The van der Waals surface area contributed by atoms with Gasteiger partial charge in [0.25, 0.3) is 0 Å². The first-order chi connectivity index (χ1) is 3.71. The van der Waals surface area contributed by atoms with Crippen LogP contribution in [0.15, 0.2) is 0 Å². The van der Waals surface area contributed by atoms with Crippen LogP contribution in [0.4, 0.5) is 4.11 Å². The van der Waals surface area contributed by atoms with Crippen molar-refractivity contribution in [3.63, 3.8) is 0 Å². The minimum absolute atomic E-state index is 0.171. The van der Waals surface area contributed by atoms with Gasteiger partial charge in [-0.1, -0.05) is 20.8 Å². The van der Waals surface area contributed by atoms with Gasteiger partial charge in [-0.05, 0) is 24.6 Å². The summed E-state index contributed by atoms with van der Waals surface area (Å²) in [7, 11) is -2.29. The number of hydrogen-bond acceptors (Lipinski definition) is 0. The Labute approximate surface area is 58.6 Å². The summed E-state index contributed by atoms with van der Waals surface area (Å²) in [5.74, 6) is 0. The van der Waals surface area contributed by atoms with Crippen molar-refractivity contribution in [2.75, 3.05) is 0 Å². The number of rotatable bonds is 1. The highest BCUT2D eigenvalue weighted by Gasteiger charge is 2.27. The first kappa shape index (κ1) is 9.15. The quantitative estimate of drug-likeness (QED) is 0.396. The first-order valence-corrected chi connectivity index (χ1v) is 6.48. The lowest BCUT2D eigenvalue weighted by Gasteiger charge is -2.23. The zero-order valence-electron chi connectivity index (χ0n) is 7.09. The molecule has 0 amide bonds. The highest BCUT2D eigenvalue weighted by atomic mass is 28.4. The van der Waals surface area contributed by atoms with E-state index in [-0.39, 0.29) is 5.41 Å². The molecule has 0 rings (SSSR count). The molecule has 0 nitrogen and oxygen atoms in total. The van der Waals surface area contributed by atoms with Gasteiger partial charge in [0, 0.05) is 0 Å². The summed E-state index contributed by atoms with van der Waals surface area (Å²) in [6.07, 6.45) is 0. The monoisotopic (exact) mass is 148 g/mol. The van der Waals surface area contributed by atoms with Gasteiger partial charge in [-0.3, -0.25) is 0 Å². The molecule has 0 spiro atoms. The van der Waals surface area contributed by atoms with Crippen molar-refractivity contribution >= 4 is 8.41 Å². The molecule has 0 heterocycles. The van der Waals surface area contributed by atoms with E-state index in [1.54, 1.807) is 13.1 Å². The van der Waals surface area contributed by atoms with E-state index in [1.165, 1.54) is 0 Å². The van der Waals surface area contributed by atoms with E-state index in [4.69, 9.17) is 0 Å². The second kappa shape index (κ2) is 2.41. The van der Waals surface area contributed by atoms with Gasteiger partial charge < -0.3 is 4.11 Å². The molecule has 0 aromatic carbocycles. The molecule has 0 aliphatic rings. The summed E-state index contributed by atoms with van der Waals surface area (Å²) >= 11 is 0. The topological polar surface area (TPSA) is 0 Å². The Hall–Kier alpha value is 0.147. The summed E-state index contributed by atoms with van der Waals surface area (Å²) in [5.41, 5.74) is 0.171. The average Bonchev–Trinajstić information content (AvgIpc) is 1.14. The van der Waals surface area contributed by atoms with Crippen LogP contribution in [0.5, 0.6) is 0 Å². The molecule has 0 N–H and O–H groups in total. The van der Waals surface area contributed by atoms with Crippen molar-refractivity contribution in [3.8, 4) is 0 Å². The van der Waals surface area contributed by atoms with E-state index < -0.39 is 8.41 Å². The molecule has 0 atom stereocenters. The van der Waals surface area contributed by atoms with Crippen LogP contribution in [-0.4, -0.2) is 8.41 Å². The zero-order valence-corrected chi connectivity index (χ0v) is 8.09. The lowest BCUT2D eigenvalue weighted by Crippen LogP contribution is -2.25. The Morgan fingerprint density at radius 2 is 1.56 bits per heavy atom. The molecular weight excluding hydrogens is 131 g/mol. The third-order valence-electron chi connectivity index (χ3n) is 0.951. The normalized spacial score (nSPS) is 14.0. The standard InChI is InChI=1S/C7H17FSi/c1-7(2,3)6-9(4,5)8/h6H2,1-5H3. The smallest absolute Gasteiger partial charge is 0.241 e. The van der Waals surface area contributed by atoms with Gasteiger partial charge in [-0.15, -0.1) is 0 Å². The van der Waals surface area contributed by atoms with Gasteiger partial charge in [-0.25, -0.2) is 0 Å². The Morgan fingerprint density at radius 3 is 1.56 bits per heavy atom. The van der Waals surface area contributed by atoms with Gasteiger partial charge in [-0.2, -0.15) is 0 Å². The molecule has 0 aromatic heterocycles. The fourth-order valence-electron chi connectivity index (χ4n) is 1.26. The molecule has 56 valence electrons. The summed E-state index contributed by atoms with van der Waals surface area (Å²) in [5, 5.41) is 0. The molecule has 0 radical (unpaired) electrons. The van der Waals surface area contributed by atoms with Crippen LogP contribution in [-0.2, 0) is 0 Å². The summed E-state index contributed by atoms with van der Waals surface area (Å²) in [6, 6.07) is 0.764. The maximum Gasteiger partial charge on any atom is 0.241 e. The maximum absolute atomic E-state index is 13.0. The van der Waals surface area contributed by atoms with Crippen molar-refractivity contribution in [3.05, 3.63) is 0 Å². The largest absolute Gasteiger partial charge is 0.314 e. The van der Waals surface area contributed by atoms with Gasteiger partial charge in [0.1, 0.15) is 0 Å². The van der Waals surface area contributed by atoms with Crippen molar-refractivity contribution in [1.82, 2.24) is 0 Å². The van der Waals surface area contributed by atoms with Crippen LogP contribution < -0.4 is 0 Å². The van der Waals surface area contributed by atoms with E-state index >= 15 is 0 Å². The molecule has 2 heteroatoms. The number of hydrogen-bond donors (Lipinski definition) is 0. The summed E-state index contributed by atoms with van der Waals surface area (Å²) in [6.45, 7) is 9.78. The highest BCUT2D eigenvalue weighted by molar-refractivity contribution is 6.70. The van der Waals surface area contributed by atoms with Crippen molar-refractivity contribution in [2.24, 2.45) is 5.41 Å². The molecule has 0 fully saturated rings. The molecule has 0 unspecified atom stereocenters. The fraction of sp³-hybridized carbons (Fsp3) is 1.00. The molecule has 0 aliphatic carbocycles. The van der Waals surface area contributed by atoms with Gasteiger partial charge in [0.2, 0.25) is 8.41 Å². The van der Waals surface area contributed by atoms with E-state index in [1.807, 2.05) is 0 Å². The van der Waals surface area contributed by atoms with Gasteiger partial charge >= 0.3 is 0 Å². The molecule has 0 bridgehead atoms. The van der Waals surface area contributed by atoms with Crippen LogP contribution >= 0.6 is 0 Å². The van der Waals surface area contributed by atoms with E-state index in [2.05, 4.69) is 20.8 Å².